The van der Waals surface area contributed by atoms with E-state index >= 15 is 0 Å². The lowest BCUT2D eigenvalue weighted by atomic mass is 9.85. The monoisotopic (exact) mass is 191 g/mol. The fourth-order valence-corrected chi connectivity index (χ4v) is 1.88. The van der Waals surface area contributed by atoms with Crippen molar-refractivity contribution < 1.29 is 0 Å². The predicted molar refractivity (Wildman–Crippen MR) is 62.4 cm³/mol. The number of hydrogen-bond donors (Lipinski definition) is 1. The van der Waals surface area contributed by atoms with Crippen LogP contribution in [0.5, 0.6) is 0 Å². The molecule has 2 unspecified atom stereocenters. The van der Waals surface area contributed by atoms with Crippen LogP contribution in [-0.4, -0.2) is 6.54 Å². The van der Waals surface area contributed by atoms with Crippen LogP contribution in [0.1, 0.15) is 37.3 Å². The van der Waals surface area contributed by atoms with Crippen LogP contribution in [0, 0.1) is 12.8 Å². The van der Waals surface area contributed by atoms with Crippen molar-refractivity contribution in [2.45, 2.75) is 33.1 Å². The molecule has 0 amide bonds. The van der Waals surface area contributed by atoms with Crippen molar-refractivity contribution in [2.75, 3.05) is 6.54 Å². The van der Waals surface area contributed by atoms with Crippen molar-refractivity contribution in [3.63, 3.8) is 0 Å². The van der Waals surface area contributed by atoms with Gasteiger partial charge in [-0.3, -0.25) is 0 Å². The molecule has 0 bridgehead atoms. The number of rotatable bonds is 4. The summed E-state index contributed by atoms with van der Waals surface area (Å²) in [6.45, 7) is 7.38. The molecule has 1 rings (SSSR count). The molecule has 78 valence electrons. The third kappa shape index (κ3) is 2.58. The van der Waals surface area contributed by atoms with Crippen LogP contribution in [-0.2, 0) is 0 Å². The molecule has 0 spiro atoms. The van der Waals surface area contributed by atoms with Crippen LogP contribution in [0.3, 0.4) is 0 Å². The lowest BCUT2D eigenvalue weighted by molar-refractivity contribution is 0.452. The Kier molecular flexibility index (Phi) is 4.15. The van der Waals surface area contributed by atoms with Gasteiger partial charge in [-0.25, -0.2) is 0 Å². The summed E-state index contributed by atoms with van der Waals surface area (Å²) in [5, 5.41) is 0. The zero-order valence-corrected chi connectivity index (χ0v) is 9.46. The third-order valence-corrected chi connectivity index (χ3v) is 3.06. The smallest absolute Gasteiger partial charge is 0.000567 e. The van der Waals surface area contributed by atoms with Crippen molar-refractivity contribution in [1.82, 2.24) is 0 Å². The van der Waals surface area contributed by atoms with E-state index in [0.717, 1.165) is 6.54 Å². The molecule has 0 aliphatic heterocycles. The highest BCUT2D eigenvalue weighted by atomic mass is 14.6. The van der Waals surface area contributed by atoms with Gasteiger partial charge in [-0.15, -0.1) is 0 Å². The molecule has 0 aromatic heterocycles. The quantitative estimate of drug-likeness (QED) is 0.777. The molecule has 0 saturated carbocycles. The Morgan fingerprint density at radius 2 is 2.07 bits per heavy atom. The minimum atomic E-state index is 0.514. The molecule has 0 aliphatic rings. The van der Waals surface area contributed by atoms with Gasteiger partial charge in [0.2, 0.25) is 0 Å². The average molecular weight is 191 g/mol. The highest BCUT2D eigenvalue weighted by Gasteiger charge is 2.15. The largest absolute Gasteiger partial charge is 0.330 e. The van der Waals surface area contributed by atoms with Crippen molar-refractivity contribution in [3.8, 4) is 0 Å². The van der Waals surface area contributed by atoms with Crippen molar-refractivity contribution in [2.24, 2.45) is 11.7 Å². The second-order valence-electron chi connectivity index (χ2n) is 4.14. The first-order valence-corrected chi connectivity index (χ1v) is 5.45. The lowest BCUT2D eigenvalue weighted by Crippen LogP contribution is -2.19. The average Bonchev–Trinajstić information content (AvgIpc) is 2.19. The lowest BCUT2D eigenvalue weighted by Gasteiger charge is -2.22. The summed E-state index contributed by atoms with van der Waals surface area (Å²) in [6.07, 6.45) is 1.19. The number of benzene rings is 1. The predicted octanol–water partition coefficient (Wildman–Crippen LogP) is 3.08. The minimum Gasteiger partial charge on any atom is -0.330 e. The van der Waals surface area contributed by atoms with Crippen LogP contribution in [0.15, 0.2) is 24.3 Å². The van der Waals surface area contributed by atoms with Gasteiger partial charge in [0.1, 0.15) is 0 Å². The van der Waals surface area contributed by atoms with E-state index in [-0.39, 0.29) is 0 Å². The summed E-state index contributed by atoms with van der Waals surface area (Å²) < 4.78 is 0. The van der Waals surface area contributed by atoms with Gasteiger partial charge in [0.25, 0.3) is 0 Å². The number of nitrogens with two attached hydrogens (primary N) is 1. The first kappa shape index (κ1) is 11.3. The molecule has 2 atom stereocenters. The number of aryl methyl sites for hydroxylation is 1. The Labute approximate surface area is 87.3 Å². The summed E-state index contributed by atoms with van der Waals surface area (Å²) in [5.41, 5.74) is 8.55. The van der Waals surface area contributed by atoms with Gasteiger partial charge in [0.05, 0.1) is 0 Å². The molecule has 0 fully saturated rings. The Morgan fingerprint density at radius 3 is 2.57 bits per heavy atom. The SMILES string of the molecule is CCC(C)C(CN)c1cccc(C)c1. The van der Waals surface area contributed by atoms with E-state index in [1.54, 1.807) is 0 Å². The number of hydrogen-bond acceptors (Lipinski definition) is 1. The van der Waals surface area contributed by atoms with Gasteiger partial charge in [0.15, 0.2) is 0 Å². The molecule has 1 heteroatoms. The zero-order valence-electron chi connectivity index (χ0n) is 9.46. The van der Waals surface area contributed by atoms with E-state index in [4.69, 9.17) is 5.73 Å². The van der Waals surface area contributed by atoms with E-state index in [2.05, 4.69) is 45.0 Å². The zero-order chi connectivity index (χ0) is 10.6. The van der Waals surface area contributed by atoms with Gasteiger partial charge in [0, 0.05) is 0 Å². The van der Waals surface area contributed by atoms with Gasteiger partial charge in [-0.1, -0.05) is 50.1 Å². The Balaban J connectivity index is 2.89. The van der Waals surface area contributed by atoms with Crippen LogP contribution in [0.4, 0.5) is 0 Å². The third-order valence-electron chi connectivity index (χ3n) is 3.06. The molecule has 0 saturated heterocycles. The van der Waals surface area contributed by atoms with E-state index in [9.17, 15) is 0 Å². The first-order valence-electron chi connectivity index (χ1n) is 5.45. The van der Waals surface area contributed by atoms with Crippen LogP contribution >= 0.6 is 0 Å². The van der Waals surface area contributed by atoms with Crippen LogP contribution in [0.25, 0.3) is 0 Å². The fourth-order valence-electron chi connectivity index (χ4n) is 1.88. The standard InChI is InChI=1S/C13H21N/c1-4-11(3)13(9-14)12-7-5-6-10(2)8-12/h5-8,11,13H,4,9,14H2,1-3H3. The molecule has 0 heterocycles. The second-order valence-corrected chi connectivity index (χ2v) is 4.14. The van der Waals surface area contributed by atoms with Crippen molar-refractivity contribution in [1.29, 1.82) is 0 Å². The molecule has 0 aliphatic carbocycles. The molecule has 1 nitrogen and oxygen atoms in total. The van der Waals surface area contributed by atoms with Crippen molar-refractivity contribution in [3.05, 3.63) is 35.4 Å². The highest BCUT2D eigenvalue weighted by Crippen LogP contribution is 2.26. The van der Waals surface area contributed by atoms with Crippen LogP contribution in [0.2, 0.25) is 0 Å². The molecule has 14 heavy (non-hydrogen) atoms. The minimum absolute atomic E-state index is 0.514. The molecule has 0 radical (unpaired) electrons. The maximum Gasteiger partial charge on any atom is -0.000567 e. The summed E-state index contributed by atoms with van der Waals surface area (Å²) >= 11 is 0. The molecule has 1 aromatic rings. The topological polar surface area (TPSA) is 26.0 Å². The summed E-state index contributed by atoms with van der Waals surface area (Å²) in [7, 11) is 0. The Bertz CT molecular complexity index is 280. The second kappa shape index (κ2) is 5.16. The molecule has 1 aromatic carbocycles. The van der Waals surface area contributed by atoms with Gasteiger partial charge < -0.3 is 5.73 Å². The first-order chi connectivity index (χ1) is 6.69. The normalized spacial score (nSPS) is 15.1. The van der Waals surface area contributed by atoms with E-state index in [0.29, 0.717) is 11.8 Å². The maximum absolute atomic E-state index is 5.83. The molecular weight excluding hydrogens is 170 g/mol. The molecule has 2 N–H and O–H groups in total. The van der Waals surface area contributed by atoms with E-state index < -0.39 is 0 Å². The van der Waals surface area contributed by atoms with Gasteiger partial charge >= 0.3 is 0 Å². The molecular formula is C13H21N. The summed E-state index contributed by atoms with van der Waals surface area (Å²) in [6, 6.07) is 8.70. The maximum atomic E-state index is 5.83. The van der Waals surface area contributed by atoms with Crippen LogP contribution < -0.4 is 5.73 Å². The van der Waals surface area contributed by atoms with Gasteiger partial charge in [-0.2, -0.15) is 0 Å². The van der Waals surface area contributed by atoms with Gasteiger partial charge in [-0.05, 0) is 30.9 Å². The Hall–Kier alpha value is -0.820. The Morgan fingerprint density at radius 1 is 1.36 bits per heavy atom. The fraction of sp³-hybridized carbons (Fsp3) is 0.538. The summed E-state index contributed by atoms with van der Waals surface area (Å²) in [4.78, 5) is 0. The summed E-state index contributed by atoms with van der Waals surface area (Å²) in [5.74, 6) is 1.18. The highest BCUT2D eigenvalue weighted by molar-refractivity contribution is 5.26. The van der Waals surface area contributed by atoms with E-state index in [1.165, 1.54) is 17.5 Å². The van der Waals surface area contributed by atoms with E-state index in [1.807, 2.05) is 0 Å². The van der Waals surface area contributed by atoms with Crippen molar-refractivity contribution >= 4 is 0 Å².